The molecule has 1 aromatic rings. The number of halogens is 1. The number of nitrogens with one attached hydrogen (secondary N) is 2. The van der Waals surface area contributed by atoms with Gasteiger partial charge in [-0.15, -0.1) is 0 Å². The van der Waals surface area contributed by atoms with Crippen LogP contribution in [0.4, 0.5) is 0 Å². The van der Waals surface area contributed by atoms with E-state index in [1.165, 1.54) is 5.56 Å². The van der Waals surface area contributed by atoms with Crippen molar-refractivity contribution in [2.75, 3.05) is 6.54 Å². The highest BCUT2D eigenvalue weighted by atomic mass is 79.9. The molecule has 1 aromatic carbocycles. The van der Waals surface area contributed by atoms with Crippen LogP contribution in [0, 0.1) is 0 Å². The Labute approximate surface area is 116 Å². The third-order valence-electron chi connectivity index (χ3n) is 2.92. The maximum absolute atomic E-state index is 11.4. The first-order valence-corrected chi connectivity index (χ1v) is 7.28. The molecule has 0 heterocycles. The van der Waals surface area contributed by atoms with Gasteiger partial charge in [0, 0.05) is 23.5 Å². The summed E-state index contributed by atoms with van der Waals surface area (Å²) in [5.41, 5.74) is 1.26. The van der Waals surface area contributed by atoms with Gasteiger partial charge in [-0.3, -0.25) is 4.79 Å². The number of amides is 1. The van der Waals surface area contributed by atoms with E-state index in [1.54, 1.807) is 0 Å². The fourth-order valence-electron chi connectivity index (χ4n) is 1.78. The van der Waals surface area contributed by atoms with E-state index in [9.17, 15) is 4.79 Å². The van der Waals surface area contributed by atoms with E-state index in [0.29, 0.717) is 12.5 Å². The quantitative estimate of drug-likeness (QED) is 0.760. The number of carbonyl (C=O) groups excluding carboxylic acids is 1. The van der Waals surface area contributed by atoms with Crippen LogP contribution in [0.5, 0.6) is 0 Å². The maximum Gasteiger partial charge on any atom is 0.220 e. The van der Waals surface area contributed by atoms with Gasteiger partial charge in [-0.25, -0.2) is 0 Å². The molecule has 1 saturated carbocycles. The lowest BCUT2D eigenvalue weighted by atomic mass is 10.2. The van der Waals surface area contributed by atoms with E-state index in [0.717, 1.165) is 36.8 Å². The van der Waals surface area contributed by atoms with Crippen LogP contribution in [-0.4, -0.2) is 18.5 Å². The highest BCUT2D eigenvalue weighted by Gasteiger charge is 2.22. The summed E-state index contributed by atoms with van der Waals surface area (Å²) in [5, 5.41) is 6.35. The van der Waals surface area contributed by atoms with Crippen LogP contribution in [0.3, 0.4) is 0 Å². The van der Waals surface area contributed by atoms with Crippen molar-refractivity contribution in [3.05, 3.63) is 34.3 Å². The lowest BCUT2D eigenvalue weighted by Gasteiger charge is -2.06. The van der Waals surface area contributed by atoms with Crippen LogP contribution in [0.2, 0.25) is 0 Å². The van der Waals surface area contributed by atoms with E-state index >= 15 is 0 Å². The standard InChI is InChI=1S/C14H19BrN2O/c15-12-4-1-3-11(9-12)10-16-8-2-5-14(18)17-13-6-7-13/h1,3-4,9,13,16H,2,5-8,10H2,(H,17,18). The predicted octanol–water partition coefficient (Wildman–Crippen LogP) is 2.60. The summed E-state index contributed by atoms with van der Waals surface area (Å²) in [6, 6.07) is 8.73. The van der Waals surface area contributed by atoms with Gasteiger partial charge in [-0.1, -0.05) is 28.1 Å². The van der Waals surface area contributed by atoms with E-state index in [1.807, 2.05) is 12.1 Å². The van der Waals surface area contributed by atoms with Gasteiger partial charge in [0.1, 0.15) is 0 Å². The molecule has 1 amide bonds. The summed E-state index contributed by atoms with van der Waals surface area (Å²) in [7, 11) is 0. The molecule has 0 unspecified atom stereocenters. The lowest BCUT2D eigenvalue weighted by molar-refractivity contribution is -0.121. The molecule has 0 saturated heterocycles. The lowest BCUT2D eigenvalue weighted by Crippen LogP contribution is -2.26. The molecule has 4 heteroatoms. The van der Waals surface area contributed by atoms with Crippen molar-refractivity contribution in [2.45, 2.75) is 38.3 Å². The summed E-state index contributed by atoms with van der Waals surface area (Å²) in [6.45, 7) is 1.73. The Hall–Kier alpha value is -0.870. The Morgan fingerprint density at radius 3 is 2.94 bits per heavy atom. The summed E-state index contributed by atoms with van der Waals surface area (Å²) in [5.74, 6) is 0.196. The molecular formula is C14H19BrN2O. The minimum Gasteiger partial charge on any atom is -0.353 e. The Morgan fingerprint density at radius 2 is 2.22 bits per heavy atom. The summed E-state index contributed by atoms with van der Waals surface area (Å²) in [6.07, 6.45) is 3.84. The van der Waals surface area contributed by atoms with Crippen molar-refractivity contribution in [3.8, 4) is 0 Å². The molecule has 18 heavy (non-hydrogen) atoms. The third-order valence-corrected chi connectivity index (χ3v) is 3.41. The molecule has 98 valence electrons. The number of hydrogen-bond donors (Lipinski definition) is 2. The third kappa shape index (κ3) is 5.19. The second-order valence-electron chi connectivity index (χ2n) is 4.75. The van der Waals surface area contributed by atoms with Gasteiger partial charge in [-0.2, -0.15) is 0 Å². The Morgan fingerprint density at radius 1 is 1.39 bits per heavy atom. The van der Waals surface area contributed by atoms with Crippen LogP contribution < -0.4 is 10.6 Å². The average molecular weight is 311 g/mol. The normalized spacial score (nSPS) is 14.5. The second-order valence-corrected chi connectivity index (χ2v) is 5.67. The first-order valence-electron chi connectivity index (χ1n) is 6.48. The van der Waals surface area contributed by atoms with Gasteiger partial charge in [0.2, 0.25) is 5.91 Å². The minimum atomic E-state index is 0.196. The van der Waals surface area contributed by atoms with Crippen molar-refractivity contribution in [2.24, 2.45) is 0 Å². The molecule has 1 aliphatic carbocycles. The van der Waals surface area contributed by atoms with Crippen LogP contribution in [0.25, 0.3) is 0 Å². The van der Waals surface area contributed by atoms with Crippen molar-refractivity contribution >= 4 is 21.8 Å². The number of carbonyl (C=O) groups is 1. The SMILES string of the molecule is O=C(CCCNCc1cccc(Br)c1)NC1CC1. The zero-order valence-electron chi connectivity index (χ0n) is 10.4. The van der Waals surface area contributed by atoms with Gasteiger partial charge >= 0.3 is 0 Å². The Bertz CT molecular complexity index is 405. The average Bonchev–Trinajstić information content (AvgIpc) is 3.12. The largest absolute Gasteiger partial charge is 0.353 e. The first-order chi connectivity index (χ1) is 8.74. The smallest absolute Gasteiger partial charge is 0.220 e. The van der Waals surface area contributed by atoms with Crippen molar-refractivity contribution in [1.82, 2.24) is 10.6 Å². The van der Waals surface area contributed by atoms with Crippen molar-refractivity contribution in [3.63, 3.8) is 0 Å². The zero-order chi connectivity index (χ0) is 12.8. The topological polar surface area (TPSA) is 41.1 Å². The van der Waals surface area contributed by atoms with Crippen LogP contribution in [0.15, 0.2) is 28.7 Å². The van der Waals surface area contributed by atoms with E-state index < -0.39 is 0 Å². The van der Waals surface area contributed by atoms with Crippen molar-refractivity contribution in [1.29, 1.82) is 0 Å². The number of hydrogen-bond acceptors (Lipinski definition) is 2. The fourth-order valence-corrected chi connectivity index (χ4v) is 2.23. The predicted molar refractivity (Wildman–Crippen MR) is 76.2 cm³/mol. The van der Waals surface area contributed by atoms with Crippen LogP contribution >= 0.6 is 15.9 Å². The molecule has 0 spiro atoms. The van der Waals surface area contributed by atoms with Crippen LogP contribution in [0.1, 0.15) is 31.2 Å². The molecule has 2 rings (SSSR count). The van der Waals surface area contributed by atoms with Gasteiger partial charge in [0.15, 0.2) is 0 Å². The van der Waals surface area contributed by atoms with E-state index in [-0.39, 0.29) is 5.91 Å². The molecule has 0 aromatic heterocycles. The summed E-state index contributed by atoms with van der Waals surface area (Å²) in [4.78, 5) is 11.4. The Balaban J connectivity index is 1.54. The van der Waals surface area contributed by atoms with Gasteiger partial charge < -0.3 is 10.6 Å². The zero-order valence-corrected chi connectivity index (χ0v) is 12.0. The second kappa shape index (κ2) is 6.90. The molecular weight excluding hydrogens is 292 g/mol. The highest BCUT2D eigenvalue weighted by molar-refractivity contribution is 9.10. The molecule has 0 aliphatic heterocycles. The molecule has 0 bridgehead atoms. The molecule has 1 fully saturated rings. The van der Waals surface area contributed by atoms with Gasteiger partial charge in [-0.05, 0) is 43.5 Å². The van der Waals surface area contributed by atoms with Crippen LogP contribution in [-0.2, 0) is 11.3 Å². The van der Waals surface area contributed by atoms with Gasteiger partial charge in [0.05, 0.1) is 0 Å². The number of benzene rings is 1. The monoisotopic (exact) mass is 310 g/mol. The maximum atomic E-state index is 11.4. The fraction of sp³-hybridized carbons (Fsp3) is 0.500. The van der Waals surface area contributed by atoms with E-state index in [4.69, 9.17) is 0 Å². The summed E-state index contributed by atoms with van der Waals surface area (Å²) < 4.78 is 1.10. The molecule has 0 radical (unpaired) electrons. The molecule has 2 N–H and O–H groups in total. The summed E-state index contributed by atoms with van der Waals surface area (Å²) >= 11 is 3.45. The molecule has 1 aliphatic rings. The van der Waals surface area contributed by atoms with Crippen molar-refractivity contribution < 1.29 is 4.79 Å². The molecule has 0 atom stereocenters. The van der Waals surface area contributed by atoms with Gasteiger partial charge in [0.25, 0.3) is 0 Å². The number of rotatable bonds is 7. The highest BCUT2D eigenvalue weighted by Crippen LogP contribution is 2.18. The van der Waals surface area contributed by atoms with E-state index in [2.05, 4.69) is 38.7 Å². The Kier molecular flexibility index (Phi) is 5.20. The first kappa shape index (κ1) is 13.6. The molecule has 3 nitrogen and oxygen atoms in total. The minimum absolute atomic E-state index is 0.196.